The normalized spacial score (nSPS) is 36.1. The highest BCUT2D eigenvalue weighted by Crippen LogP contribution is 2.24. The molecule has 6 unspecified atom stereocenters. The van der Waals surface area contributed by atoms with E-state index in [-0.39, 0.29) is 17.7 Å². The second-order valence-electron chi connectivity index (χ2n) is 5.84. The van der Waals surface area contributed by atoms with Crippen LogP contribution in [0.1, 0.15) is 34.1 Å². The van der Waals surface area contributed by atoms with E-state index >= 15 is 0 Å². The molecule has 6 heteroatoms. The lowest BCUT2D eigenvalue weighted by Gasteiger charge is -2.41. The molecule has 0 spiro atoms. The van der Waals surface area contributed by atoms with Crippen molar-refractivity contribution in [2.45, 2.75) is 70.7 Å². The molecular formula is C14H27NO5. The molecule has 6 atom stereocenters. The fourth-order valence-corrected chi connectivity index (χ4v) is 2.19. The third-order valence-corrected chi connectivity index (χ3v) is 3.82. The van der Waals surface area contributed by atoms with Crippen molar-refractivity contribution in [2.24, 2.45) is 5.92 Å². The number of ether oxygens (including phenoxy) is 1. The number of aliphatic hydroxyl groups excluding tert-OH is 3. The maximum atomic E-state index is 12.2. The summed E-state index contributed by atoms with van der Waals surface area (Å²) < 4.78 is 5.54. The number of hydrogen-bond acceptors (Lipinski definition) is 6. The minimum Gasteiger partial charge on any atom is -0.388 e. The van der Waals surface area contributed by atoms with Gasteiger partial charge in [-0.05, 0) is 6.42 Å². The monoisotopic (exact) mass is 289 g/mol. The number of carbonyl (C=O) groups is 1. The minimum atomic E-state index is -1.39. The molecule has 0 aromatic rings. The van der Waals surface area contributed by atoms with Gasteiger partial charge in [-0.1, -0.05) is 27.7 Å². The molecule has 0 aromatic heterocycles. The summed E-state index contributed by atoms with van der Waals surface area (Å²) in [5.74, 6) is -0.490. The predicted molar refractivity (Wildman–Crippen MR) is 74.3 cm³/mol. The zero-order valence-electron chi connectivity index (χ0n) is 12.6. The SMILES string of the molecule is CCC(C)C(=O)C1OC(CNC(C)C)C(O)C(O)C1O. The van der Waals surface area contributed by atoms with Crippen LogP contribution >= 0.6 is 0 Å². The van der Waals surface area contributed by atoms with Crippen LogP contribution in [0.5, 0.6) is 0 Å². The first kappa shape index (κ1) is 17.5. The fraction of sp³-hybridized carbons (Fsp3) is 0.929. The smallest absolute Gasteiger partial charge is 0.167 e. The van der Waals surface area contributed by atoms with Crippen LogP contribution in [-0.2, 0) is 9.53 Å². The standard InChI is InChI=1S/C14H27NO5/c1-5-8(4)10(16)14-13(19)12(18)11(17)9(20-14)6-15-7(2)3/h7-9,11-15,17-19H,5-6H2,1-4H3. The molecule has 6 nitrogen and oxygen atoms in total. The van der Waals surface area contributed by atoms with Gasteiger partial charge in [-0.15, -0.1) is 0 Å². The highest BCUT2D eigenvalue weighted by Gasteiger charge is 2.46. The van der Waals surface area contributed by atoms with E-state index in [0.717, 1.165) is 0 Å². The van der Waals surface area contributed by atoms with Crippen molar-refractivity contribution in [1.82, 2.24) is 5.32 Å². The van der Waals surface area contributed by atoms with Crippen molar-refractivity contribution in [3.8, 4) is 0 Å². The lowest BCUT2D eigenvalue weighted by atomic mass is 9.88. The largest absolute Gasteiger partial charge is 0.388 e. The van der Waals surface area contributed by atoms with E-state index in [0.29, 0.717) is 13.0 Å². The Morgan fingerprint density at radius 1 is 1.15 bits per heavy atom. The molecule has 118 valence electrons. The van der Waals surface area contributed by atoms with Gasteiger partial charge < -0.3 is 25.4 Å². The van der Waals surface area contributed by atoms with Crippen LogP contribution in [0, 0.1) is 5.92 Å². The van der Waals surface area contributed by atoms with E-state index in [4.69, 9.17) is 4.74 Å². The number of aliphatic hydroxyl groups is 3. The number of ketones is 1. The van der Waals surface area contributed by atoms with Crippen molar-refractivity contribution < 1.29 is 24.9 Å². The van der Waals surface area contributed by atoms with E-state index in [9.17, 15) is 20.1 Å². The summed E-state index contributed by atoms with van der Waals surface area (Å²) in [7, 11) is 0. The first-order chi connectivity index (χ1) is 9.29. The molecule has 0 bridgehead atoms. The van der Waals surface area contributed by atoms with Gasteiger partial charge in [0.1, 0.15) is 24.4 Å². The Morgan fingerprint density at radius 2 is 1.75 bits per heavy atom. The molecule has 1 aliphatic rings. The van der Waals surface area contributed by atoms with Crippen LogP contribution in [0.4, 0.5) is 0 Å². The highest BCUT2D eigenvalue weighted by molar-refractivity contribution is 5.86. The molecule has 0 aromatic carbocycles. The van der Waals surface area contributed by atoms with E-state index in [2.05, 4.69) is 5.32 Å². The van der Waals surface area contributed by atoms with Crippen LogP contribution in [0.25, 0.3) is 0 Å². The summed E-state index contributed by atoms with van der Waals surface area (Å²) in [6, 6.07) is 0.193. The summed E-state index contributed by atoms with van der Waals surface area (Å²) in [4.78, 5) is 12.2. The van der Waals surface area contributed by atoms with Crippen molar-refractivity contribution in [3.63, 3.8) is 0 Å². The average Bonchev–Trinajstić information content (AvgIpc) is 2.42. The van der Waals surface area contributed by atoms with Gasteiger partial charge in [0.15, 0.2) is 5.78 Å². The number of Topliss-reactive ketones (excluding diaryl/α,β-unsaturated/α-hetero) is 1. The van der Waals surface area contributed by atoms with Crippen molar-refractivity contribution >= 4 is 5.78 Å². The summed E-state index contributed by atoms with van der Waals surface area (Å²) >= 11 is 0. The molecular weight excluding hydrogens is 262 g/mol. The van der Waals surface area contributed by atoms with Crippen molar-refractivity contribution in [3.05, 3.63) is 0 Å². The first-order valence-electron chi connectivity index (χ1n) is 7.26. The average molecular weight is 289 g/mol. The lowest BCUT2D eigenvalue weighted by molar-refractivity contribution is -0.219. The van der Waals surface area contributed by atoms with E-state index in [1.807, 2.05) is 20.8 Å². The number of nitrogens with one attached hydrogen (secondary N) is 1. The highest BCUT2D eigenvalue weighted by atomic mass is 16.5. The van der Waals surface area contributed by atoms with E-state index < -0.39 is 30.5 Å². The zero-order chi connectivity index (χ0) is 15.4. The Labute approximate surface area is 120 Å². The molecule has 1 saturated heterocycles. The van der Waals surface area contributed by atoms with Gasteiger partial charge in [0.2, 0.25) is 0 Å². The van der Waals surface area contributed by atoms with Crippen LogP contribution in [0.2, 0.25) is 0 Å². The Bertz CT molecular complexity index is 323. The van der Waals surface area contributed by atoms with Gasteiger partial charge in [-0.2, -0.15) is 0 Å². The van der Waals surface area contributed by atoms with Gasteiger partial charge in [0.25, 0.3) is 0 Å². The van der Waals surface area contributed by atoms with Gasteiger partial charge in [-0.25, -0.2) is 0 Å². The summed E-state index contributed by atoms with van der Waals surface area (Å²) in [5, 5.41) is 32.9. The molecule has 4 N–H and O–H groups in total. The number of carbonyl (C=O) groups excluding carboxylic acids is 1. The van der Waals surface area contributed by atoms with E-state index in [1.165, 1.54) is 0 Å². The molecule has 20 heavy (non-hydrogen) atoms. The Kier molecular flexibility index (Phi) is 6.54. The fourth-order valence-electron chi connectivity index (χ4n) is 2.19. The van der Waals surface area contributed by atoms with Gasteiger partial charge in [-0.3, -0.25) is 4.79 Å². The van der Waals surface area contributed by atoms with Gasteiger partial charge in [0.05, 0.1) is 6.10 Å². The Morgan fingerprint density at radius 3 is 2.25 bits per heavy atom. The summed E-state index contributed by atoms with van der Waals surface area (Å²) in [5.41, 5.74) is 0. The third-order valence-electron chi connectivity index (χ3n) is 3.82. The van der Waals surface area contributed by atoms with Crippen molar-refractivity contribution in [2.75, 3.05) is 6.54 Å². The maximum Gasteiger partial charge on any atom is 0.167 e. The number of rotatable bonds is 6. The molecule has 1 heterocycles. The van der Waals surface area contributed by atoms with Gasteiger partial charge in [0, 0.05) is 18.5 Å². The van der Waals surface area contributed by atoms with Crippen LogP contribution in [0.15, 0.2) is 0 Å². The molecule has 1 aliphatic heterocycles. The van der Waals surface area contributed by atoms with Gasteiger partial charge >= 0.3 is 0 Å². The molecule has 1 fully saturated rings. The molecule has 0 saturated carbocycles. The second kappa shape index (κ2) is 7.47. The predicted octanol–water partition coefficient (Wildman–Crippen LogP) is -0.550. The molecule has 0 amide bonds. The van der Waals surface area contributed by atoms with Crippen LogP contribution in [0.3, 0.4) is 0 Å². The topological polar surface area (TPSA) is 99.0 Å². The van der Waals surface area contributed by atoms with Crippen LogP contribution < -0.4 is 5.32 Å². The van der Waals surface area contributed by atoms with E-state index in [1.54, 1.807) is 6.92 Å². The molecule has 1 rings (SSSR count). The third kappa shape index (κ3) is 3.99. The second-order valence-corrected chi connectivity index (χ2v) is 5.84. The molecule has 0 aliphatic carbocycles. The summed E-state index contributed by atoms with van der Waals surface area (Å²) in [6.45, 7) is 7.84. The zero-order valence-corrected chi connectivity index (χ0v) is 12.6. The first-order valence-corrected chi connectivity index (χ1v) is 7.26. The van der Waals surface area contributed by atoms with Crippen LogP contribution in [-0.4, -0.2) is 64.2 Å². The maximum absolute atomic E-state index is 12.2. The Balaban J connectivity index is 2.78. The van der Waals surface area contributed by atoms with Crippen molar-refractivity contribution in [1.29, 1.82) is 0 Å². The minimum absolute atomic E-state index is 0.193. The summed E-state index contributed by atoms with van der Waals surface area (Å²) in [6.07, 6.45) is -5.13. The Hall–Kier alpha value is -0.530. The molecule has 0 radical (unpaired) electrons. The lowest BCUT2D eigenvalue weighted by Crippen LogP contribution is -2.62. The number of hydrogen-bond donors (Lipinski definition) is 4. The quantitative estimate of drug-likeness (QED) is 0.524.